The second-order valence-electron chi connectivity index (χ2n) is 28.9. The van der Waals surface area contributed by atoms with Crippen molar-refractivity contribution in [2.24, 2.45) is 0 Å². The highest BCUT2D eigenvalue weighted by Gasteiger charge is 2.00. The van der Waals surface area contributed by atoms with E-state index in [-0.39, 0.29) is 0 Å². The zero-order valence-corrected chi connectivity index (χ0v) is 96.3. The van der Waals surface area contributed by atoms with Gasteiger partial charge in [-0.15, -0.1) is 0 Å². The Labute approximate surface area is 833 Å². The van der Waals surface area contributed by atoms with Crippen molar-refractivity contribution < 1.29 is 0 Å². The van der Waals surface area contributed by atoms with Gasteiger partial charge in [-0.05, 0) is 195 Å². The van der Waals surface area contributed by atoms with Gasteiger partial charge >= 0.3 is 0 Å². The van der Waals surface area contributed by atoms with Crippen molar-refractivity contribution in [3.05, 3.63) is 251 Å². The molecule has 0 aromatic carbocycles. The van der Waals surface area contributed by atoms with Gasteiger partial charge in [0.1, 0.15) is 23.3 Å². The van der Waals surface area contributed by atoms with Gasteiger partial charge in [0.2, 0.25) is 0 Å². The van der Waals surface area contributed by atoms with Gasteiger partial charge in [0.05, 0.1) is 45.6 Å². The van der Waals surface area contributed by atoms with Gasteiger partial charge in [0.25, 0.3) is 0 Å². The lowest BCUT2D eigenvalue weighted by Crippen LogP contribution is -1.97. The van der Waals surface area contributed by atoms with Gasteiger partial charge in [0, 0.05) is 97.1 Å². The highest BCUT2D eigenvalue weighted by Crippen LogP contribution is 2.07. The van der Waals surface area contributed by atoms with Crippen molar-refractivity contribution in [2.45, 2.75) is 497 Å². The minimum atomic E-state index is 0.822. The topological polar surface area (TPSA) is 232 Å². The molecule has 0 aliphatic carbocycles. The predicted molar refractivity (Wildman–Crippen MR) is 598 cm³/mol. The Morgan fingerprint density at radius 2 is 0.388 bits per heavy atom. The molecule has 0 spiro atoms. The van der Waals surface area contributed by atoms with Gasteiger partial charge in [-0.25, -0.2) is 39.9 Å². The van der Waals surface area contributed by atoms with Gasteiger partial charge in [0.15, 0.2) is 0 Å². The number of pyridine rings is 2. The van der Waals surface area contributed by atoms with Crippen LogP contribution in [0.3, 0.4) is 0 Å². The van der Waals surface area contributed by atoms with Crippen LogP contribution in [-0.4, -0.2) is 90.2 Å². The third-order valence-electron chi connectivity index (χ3n) is 16.0. The number of hydrogen-bond acceptors (Lipinski definition) is 18. The van der Waals surface area contributed by atoms with Crippen molar-refractivity contribution in [3.8, 4) is 0 Å². The molecule has 0 aliphatic heterocycles. The summed E-state index contributed by atoms with van der Waals surface area (Å²) in [5.74, 6) is 3.32. The quantitative estimate of drug-likeness (QED) is 0.0613. The maximum absolute atomic E-state index is 4.45. The monoisotopic (exact) mass is 1860 g/mol. The molecule has 0 bridgehead atoms. The summed E-state index contributed by atoms with van der Waals surface area (Å²) in [5, 5.41) is 14.7. The summed E-state index contributed by atoms with van der Waals surface area (Å²) in [7, 11) is 0. The maximum Gasteiger partial charge on any atom is 0.125 e. The van der Waals surface area contributed by atoms with Crippen LogP contribution in [0.5, 0.6) is 0 Å². The fourth-order valence-corrected chi connectivity index (χ4v) is 8.51. The molecule has 18 nitrogen and oxygen atoms in total. The van der Waals surface area contributed by atoms with Gasteiger partial charge in [-0.2, -0.15) is 20.4 Å². The number of unbranched alkanes of at least 4 members (excludes halogenated alkanes) is 18. The SMILES string of the molecule is CC.CC.CC.CC.CC.CC.CCCCC.CCCCC.CCCCC.CCCCC.CCCCC.CCCCC.CCCCC.CCCCC.CCCCc1cnc(C)c(C)n1.CCCCc1cnc(C)c(C)n1.Cc1ccccn1.Cc1ccccn1.Cc1cccnn1.Cc1cccnn1.Cc1ccnc(C)n1.Cc1ccnc(C)n1.Cc1ncccn1.Cc1ncccn1. The van der Waals surface area contributed by atoms with Crippen LogP contribution in [0, 0.1) is 96.9 Å². The highest BCUT2D eigenvalue weighted by molar-refractivity contribution is 5.12. The first-order chi connectivity index (χ1) is 64.7. The van der Waals surface area contributed by atoms with Crippen LogP contribution in [0.25, 0.3) is 0 Å². The Kier molecular flexibility index (Phi) is 171. The molecule has 18 heteroatoms. The minimum Gasteiger partial charge on any atom is -0.262 e. The molecule has 772 valence electrons. The van der Waals surface area contributed by atoms with E-state index in [1.165, 1.54) is 180 Å². The molecule has 0 fully saturated rings. The number of aromatic nitrogens is 18. The van der Waals surface area contributed by atoms with Crippen molar-refractivity contribution in [1.29, 1.82) is 0 Å². The summed E-state index contributed by atoms with van der Waals surface area (Å²) in [6.45, 7) is 90.9. The number of rotatable bonds is 22. The van der Waals surface area contributed by atoms with E-state index >= 15 is 0 Å². The Morgan fingerprint density at radius 3 is 0.507 bits per heavy atom. The molecule has 0 unspecified atom stereocenters. The Morgan fingerprint density at radius 1 is 0.172 bits per heavy atom. The number of nitrogens with zero attached hydrogens (tertiary/aromatic N) is 18. The highest BCUT2D eigenvalue weighted by atomic mass is 15.1. The molecule has 0 amide bonds. The fourth-order valence-electron chi connectivity index (χ4n) is 8.51. The normalized spacial score (nSPS) is 8.45. The first kappa shape index (κ1) is 156. The summed E-state index contributed by atoms with van der Waals surface area (Å²) in [6, 6.07) is 26.6. The van der Waals surface area contributed by atoms with Crippen LogP contribution in [0.15, 0.2) is 159 Å². The van der Waals surface area contributed by atoms with Gasteiger partial charge < -0.3 is 0 Å². The van der Waals surface area contributed by atoms with Gasteiger partial charge in [-0.3, -0.25) is 29.9 Å². The van der Waals surface area contributed by atoms with Crippen LogP contribution in [0.4, 0.5) is 0 Å². The van der Waals surface area contributed by atoms with E-state index in [1.807, 2.05) is 265 Å². The Hall–Kier alpha value is -9.06. The van der Waals surface area contributed by atoms with Gasteiger partial charge in [-0.1, -0.05) is 387 Å². The summed E-state index contributed by atoms with van der Waals surface area (Å²) in [4.78, 5) is 56.8. The van der Waals surface area contributed by atoms with E-state index < -0.39 is 0 Å². The first-order valence-corrected chi connectivity index (χ1v) is 52.5. The molecule has 10 aromatic heterocycles. The van der Waals surface area contributed by atoms with Crippen LogP contribution in [-0.2, 0) is 12.8 Å². The first-order valence-electron chi connectivity index (χ1n) is 52.5. The summed E-state index contributed by atoms with van der Waals surface area (Å²) in [5.41, 5.74) is 12.6. The lowest BCUT2D eigenvalue weighted by Gasteiger charge is -2.01. The van der Waals surface area contributed by atoms with Crippen molar-refractivity contribution >= 4 is 0 Å². The molecule has 0 atom stereocenters. The summed E-state index contributed by atoms with van der Waals surface area (Å²) >= 11 is 0. The number of aryl methyl sites for hydroxylation is 16. The molecule has 0 aliphatic rings. The van der Waals surface area contributed by atoms with E-state index in [0.717, 1.165) is 104 Å². The van der Waals surface area contributed by atoms with Crippen molar-refractivity contribution in [2.75, 3.05) is 0 Å². The average Bonchev–Trinajstić information content (AvgIpc) is 0.897. The average molecular weight is 1870 g/mol. The zero-order valence-electron chi connectivity index (χ0n) is 96.3. The third kappa shape index (κ3) is 154. The smallest absolute Gasteiger partial charge is 0.125 e. The molecule has 10 rings (SSSR count). The van der Waals surface area contributed by atoms with Crippen LogP contribution in [0.1, 0.15) is 479 Å². The molecule has 0 N–H and O–H groups in total. The Balaban J connectivity index is -0.0000000948. The second-order valence-corrected chi connectivity index (χ2v) is 28.9. The number of hydrogen-bond donors (Lipinski definition) is 0. The zero-order chi connectivity index (χ0) is 106. The lowest BCUT2D eigenvalue weighted by atomic mass is 10.2. The Bertz CT molecular complexity index is 3040. The third-order valence-corrected chi connectivity index (χ3v) is 16.0. The molecular formula is C116H218N18. The minimum absolute atomic E-state index is 0.822. The molecule has 0 radical (unpaired) electrons. The standard InChI is InChI=1S/2C10H16N2.2C6H8N2.2C6H7N.4C5H6N2.8C5H12.6C2H6/c2*1-4-5-6-10-7-11-8(2)9(3)12-10;2*1-5-3-4-7-6(2)8-5;2*1-6-4-2-3-5-7-6;2*1-5-6-3-2-4-7-5;2*1-5-3-2-4-6-7-5;8*1-3-5-4-2;6*1-2/h2*7H,4-6H2,1-3H3;2*3-4H,1-2H3;2*2-5H,1H3;4*2-4H,1H3;8*3-5H2,1-2H3;6*1-2H3. The van der Waals surface area contributed by atoms with Crippen molar-refractivity contribution in [3.63, 3.8) is 0 Å². The molecule has 10 heterocycles. The molecule has 0 saturated carbocycles. The van der Waals surface area contributed by atoms with E-state index in [0.29, 0.717) is 0 Å². The van der Waals surface area contributed by atoms with Crippen LogP contribution >= 0.6 is 0 Å². The summed E-state index contributed by atoms with van der Waals surface area (Å²) < 4.78 is 0. The summed E-state index contributed by atoms with van der Waals surface area (Å²) in [6.07, 6.45) is 60.7. The van der Waals surface area contributed by atoms with E-state index in [9.17, 15) is 0 Å². The van der Waals surface area contributed by atoms with E-state index in [4.69, 9.17) is 0 Å². The molecular weight excluding hydrogens is 1650 g/mol. The molecule has 134 heavy (non-hydrogen) atoms. The molecule has 10 aromatic rings. The fraction of sp³-hybridized carbons (Fsp3) is 0.638. The predicted octanol–water partition coefficient (Wildman–Crippen LogP) is 36.7. The van der Waals surface area contributed by atoms with Crippen LogP contribution in [0.2, 0.25) is 0 Å². The van der Waals surface area contributed by atoms with Crippen molar-refractivity contribution in [1.82, 2.24) is 90.2 Å². The van der Waals surface area contributed by atoms with E-state index in [2.05, 4.69) is 215 Å². The van der Waals surface area contributed by atoms with E-state index in [1.54, 1.807) is 74.1 Å². The lowest BCUT2D eigenvalue weighted by molar-refractivity contribution is 0.765. The molecule has 0 saturated heterocycles. The maximum atomic E-state index is 4.45. The second kappa shape index (κ2) is 147. The van der Waals surface area contributed by atoms with Crippen LogP contribution < -0.4 is 0 Å². The largest absolute Gasteiger partial charge is 0.262 e.